The van der Waals surface area contributed by atoms with Crippen LogP contribution in [0.25, 0.3) is 0 Å². The molecule has 1 atom stereocenters. The van der Waals surface area contributed by atoms with Crippen LogP contribution in [0.4, 0.5) is 0 Å². The van der Waals surface area contributed by atoms with E-state index in [0.717, 1.165) is 29.1 Å². The standard InChI is InChI=1S/C11H16BrNOS/c1-2-15(14)7-6-13-9-10-4-3-5-11(12)8-10/h3-5,8,13H,2,6-7,9H2,1H3. The second-order valence-corrected chi connectivity index (χ2v) is 6.02. The van der Waals surface area contributed by atoms with Crippen molar-refractivity contribution in [3.8, 4) is 0 Å². The van der Waals surface area contributed by atoms with Crippen molar-refractivity contribution in [2.24, 2.45) is 0 Å². The predicted molar refractivity (Wildman–Crippen MR) is 69.4 cm³/mol. The minimum Gasteiger partial charge on any atom is -0.312 e. The molecule has 0 aliphatic rings. The van der Waals surface area contributed by atoms with Gasteiger partial charge in [0.05, 0.1) is 0 Å². The normalized spacial score (nSPS) is 12.7. The zero-order valence-electron chi connectivity index (χ0n) is 8.83. The van der Waals surface area contributed by atoms with Gasteiger partial charge in [-0.15, -0.1) is 0 Å². The van der Waals surface area contributed by atoms with Crippen molar-refractivity contribution in [1.82, 2.24) is 5.32 Å². The van der Waals surface area contributed by atoms with Gasteiger partial charge in [-0.2, -0.15) is 0 Å². The van der Waals surface area contributed by atoms with Crippen LogP contribution in [-0.4, -0.2) is 22.3 Å². The third-order valence-corrected chi connectivity index (χ3v) is 3.84. The number of halogens is 1. The third-order valence-electron chi connectivity index (χ3n) is 2.05. The van der Waals surface area contributed by atoms with Crippen LogP contribution in [-0.2, 0) is 17.3 Å². The van der Waals surface area contributed by atoms with Crippen LogP contribution < -0.4 is 5.32 Å². The van der Waals surface area contributed by atoms with E-state index in [0.29, 0.717) is 0 Å². The van der Waals surface area contributed by atoms with Crippen LogP contribution in [0.1, 0.15) is 12.5 Å². The number of rotatable bonds is 6. The number of hydrogen-bond acceptors (Lipinski definition) is 2. The Morgan fingerprint density at radius 1 is 1.47 bits per heavy atom. The Balaban J connectivity index is 2.23. The second kappa shape index (κ2) is 7.14. The van der Waals surface area contributed by atoms with Gasteiger partial charge in [-0.1, -0.05) is 35.0 Å². The summed E-state index contributed by atoms with van der Waals surface area (Å²) in [5.41, 5.74) is 1.24. The molecule has 1 N–H and O–H groups in total. The topological polar surface area (TPSA) is 29.1 Å². The van der Waals surface area contributed by atoms with Crippen LogP contribution >= 0.6 is 15.9 Å². The molecule has 1 aromatic carbocycles. The Labute approximate surface area is 102 Å². The lowest BCUT2D eigenvalue weighted by molar-refractivity contribution is 0.674. The number of nitrogens with one attached hydrogen (secondary N) is 1. The van der Waals surface area contributed by atoms with E-state index in [1.807, 2.05) is 19.1 Å². The third kappa shape index (κ3) is 5.44. The van der Waals surface area contributed by atoms with Crippen molar-refractivity contribution < 1.29 is 4.21 Å². The summed E-state index contributed by atoms with van der Waals surface area (Å²) < 4.78 is 12.2. The fourth-order valence-electron chi connectivity index (χ4n) is 1.21. The largest absolute Gasteiger partial charge is 0.312 e. The van der Waals surface area contributed by atoms with Gasteiger partial charge in [-0.05, 0) is 17.7 Å². The van der Waals surface area contributed by atoms with Crippen LogP contribution in [0.5, 0.6) is 0 Å². The van der Waals surface area contributed by atoms with Crippen LogP contribution in [0.3, 0.4) is 0 Å². The summed E-state index contributed by atoms with van der Waals surface area (Å²) in [7, 11) is -0.661. The number of benzene rings is 1. The summed E-state index contributed by atoms with van der Waals surface area (Å²) >= 11 is 3.43. The quantitative estimate of drug-likeness (QED) is 0.815. The minimum atomic E-state index is -0.661. The van der Waals surface area contributed by atoms with Gasteiger partial charge in [-0.25, -0.2) is 0 Å². The summed E-state index contributed by atoms with van der Waals surface area (Å²) in [5.74, 6) is 1.49. The maximum Gasteiger partial charge on any atom is 0.0360 e. The average Bonchev–Trinajstić information content (AvgIpc) is 2.24. The highest BCUT2D eigenvalue weighted by Crippen LogP contribution is 2.11. The molecular formula is C11H16BrNOS. The highest BCUT2D eigenvalue weighted by molar-refractivity contribution is 9.10. The van der Waals surface area contributed by atoms with Crippen LogP contribution in [0, 0.1) is 0 Å². The second-order valence-electron chi connectivity index (χ2n) is 3.24. The zero-order chi connectivity index (χ0) is 11.1. The lowest BCUT2D eigenvalue weighted by atomic mass is 10.2. The molecule has 0 saturated carbocycles. The van der Waals surface area contributed by atoms with Crippen LogP contribution in [0.15, 0.2) is 28.7 Å². The van der Waals surface area contributed by atoms with Gasteiger partial charge < -0.3 is 5.32 Å². The predicted octanol–water partition coefficient (Wildman–Crippen LogP) is 2.31. The molecule has 0 fully saturated rings. The summed E-state index contributed by atoms with van der Waals surface area (Å²) in [6.45, 7) is 3.59. The first-order valence-corrected chi connectivity index (χ1v) is 7.30. The summed E-state index contributed by atoms with van der Waals surface area (Å²) in [5, 5.41) is 3.28. The van der Waals surface area contributed by atoms with Crippen molar-refractivity contribution >= 4 is 26.7 Å². The van der Waals surface area contributed by atoms with Gasteiger partial charge in [0, 0.05) is 39.9 Å². The van der Waals surface area contributed by atoms with Crippen LogP contribution in [0.2, 0.25) is 0 Å². The molecule has 0 amide bonds. The van der Waals surface area contributed by atoms with Crippen molar-refractivity contribution in [2.45, 2.75) is 13.5 Å². The maximum absolute atomic E-state index is 11.1. The average molecular weight is 290 g/mol. The lowest BCUT2D eigenvalue weighted by Gasteiger charge is -2.04. The number of hydrogen-bond donors (Lipinski definition) is 1. The molecule has 2 nitrogen and oxygen atoms in total. The highest BCUT2D eigenvalue weighted by atomic mass is 79.9. The molecule has 0 heterocycles. The van der Waals surface area contributed by atoms with Crippen molar-refractivity contribution in [1.29, 1.82) is 0 Å². The molecule has 4 heteroatoms. The van der Waals surface area contributed by atoms with Crippen molar-refractivity contribution in [3.63, 3.8) is 0 Å². The molecule has 1 aromatic rings. The van der Waals surface area contributed by atoms with Gasteiger partial charge in [-0.3, -0.25) is 4.21 Å². The molecule has 0 bridgehead atoms. The molecule has 0 aliphatic carbocycles. The van der Waals surface area contributed by atoms with Gasteiger partial charge in [0.25, 0.3) is 0 Å². The van der Waals surface area contributed by atoms with Crippen molar-refractivity contribution in [2.75, 3.05) is 18.1 Å². The fraction of sp³-hybridized carbons (Fsp3) is 0.455. The molecule has 1 unspecified atom stereocenters. The molecular weight excluding hydrogens is 274 g/mol. The molecule has 84 valence electrons. The Morgan fingerprint density at radius 3 is 2.93 bits per heavy atom. The van der Waals surface area contributed by atoms with E-state index >= 15 is 0 Å². The highest BCUT2D eigenvalue weighted by Gasteiger charge is 1.96. The molecule has 0 saturated heterocycles. The van der Waals surface area contributed by atoms with Crippen molar-refractivity contribution in [3.05, 3.63) is 34.3 Å². The van der Waals surface area contributed by atoms with E-state index < -0.39 is 10.8 Å². The Kier molecular flexibility index (Phi) is 6.13. The molecule has 15 heavy (non-hydrogen) atoms. The molecule has 0 spiro atoms. The van der Waals surface area contributed by atoms with E-state index in [4.69, 9.17) is 0 Å². The van der Waals surface area contributed by atoms with E-state index in [2.05, 4.69) is 33.4 Å². The molecule has 0 radical (unpaired) electrons. The lowest BCUT2D eigenvalue weighted by Crippen LogP contribution is -2.20. The summed E-state index contributed by atoms with van der Waals surface area (Å²) in [6.07, 6.45) is 0. The first-order chi connectivity index (χ1) is 7.22. The summed E-state index contributed by atoms with van der Waals surface area (Å²) in [6, 6.07) is 8.19. The van der Waals surface area contributed by atoms with E-state index in [1.54, 1.807) is 0 Å². The Morgan fingerprint density at radius 2 is 2.27 bits per heavy atom. The minimum absolute atomic E-state index is 0.661. The van der Waals surface area contributed by atoms with Gasteiger partial charge in [0.1, 0.15) is 0 Å². The first kappa shape index (κ1) is 12.9. The summed E-state index contributed by atoms with van der Waals surface area (Å²) in [4.78, 5) is 0. The first-order valence-electron chi connectivity index (χ1n) is 5.02. The zero-order valence-corrected chi connectivity index (χ0v) is 11.2. The SMILES string of the molecule is CCS(=O)CCNCc1cccc(Br)c1. The molecule has 0 aromatic heterocycles. The van der Waals surface area contributed by atoms with E-state index in [9.17, 15) is 4.21 Å². The van der Waals surface area contributed by atoms with E-state index in [1.165, 1.54) is 5.56 Å². The Hall–Kier alpha value is -0.190. The fourth-order valence-corrected chi connectivity index (χ4v) is 2.32. The molecule has 1 rings (SSSR count). The van der Waals surface area contributed by atoms with Gasteiger partial charge in [0.2, 0.25) is 0 Å². The monoisotopic (exact) mass is 289 g/mol. The van der Waals surface area contributed by atoms with Gasteiger partial charge >= 0.3 is 0 Å². The molecule has 0 aliphatic heterocycles. The maximum atomic E-state index is 11.1. The van der Waals surface area contributed by atoms with E-state index in [-0.39, 0.29) is 0 Å². The Bertz CT molecular complexity index is 330. The smallest absolute Gasteiger partial charge is 0.0360 e. The van der Waals surface area contributed by atoms with Gasteiger partial charge in [0.15, 0.2) is 0 Å².